The molecule has 4 nitrogen and oxygen atoms in total. The van der Waals surface area contributed by atoms with Crippen molar-refractivity contribution < 1.29 is 9.59 Å². The highest BCUT2D eigenvalue weighted by atomic mass is 35.5. The summed E-state index contributed by atoms with van der Waals surface area (Å²) in [6.07, 6.45) is 7.59. The largest absolute Gasteiger partial charge is 0.296 e. The second-order valence-electron chi connectivity index (χ2n) is 6.22. The van der Waals surface area contributed by atoms with Crippen molar-refractivity contribution in [3.8, 4) is 0 Å². The number of amides is 2. The minimum Gasteiger partial charge on any atom is -0.296 e. The lowest BCUT2D eigenvalue weighted by Crippen LogP contribution is -2.42. The Morgan fingerprint density at radius 1 is 0.692 bits per heavy atom. The van der Waals surface area contributed by atoms with Crippen molar-refractivity contribution in [3.63, 3.8) is 0 Å². The zero-order valence-electron chi connectivity index (χ0n) is 13.9. The summed E-state index contributed by atoms with van der Waals surface area (Å²) < 4.78 is 0. The highest BCUT2D eigenvalue weighted by molar-refractivity contribution is 6.23. The van der Waals surface area contributed by atoms with Crippen LogP contribution in [0.5, 0.6) is 0 Å². The van der Waals surface area contributed by atoms with Crippen LogP contribution in [0.1, 0.15) is 20.7 Å². The molecule has 5 heteroatoms. The quantitative estimate of drug-likeness (QED) is 0.602. The number of alkyl halides is 1. The Morgan fingerprint density at radius 3 is 1.46 bits per heavy atom. The number of fused-ring (bicyclic) bond motifs is 1. The van der Waals surface area contributed by atoms with Gasteiger partial charge < -0.3 is 0 Å². The SMILES string of the molecule is O=C(c1ccccc1)N1C2C=CC=CC2N(C(=O)c2ccccc2)C1Cl. The molecule has 130 valence electrons. The molecular weight excluding hydrogens is 348 g/mol. The molecule has 2 aliphatic rings. The standard InChI is InChI=1S/C21H17ClN2O2/c22-21-23(19(25)15-9-3-1-4-10-15)17-13-7-8-14-18(17)24(21)20(26)16-11-5-2-6-12-16/h1-14,17-18,21H. The Morgan fingerprint density at radius 2 is 1.08 bits per heavy atom. The Kier molecular flexibility index (Phi) is 4.35. The molecule has 0 spiro atoms. The molecule has 0 bridgehead atoms. The van der Waals surface area contributed by atoms with Crippen LogP contribution in [0.2, 0.25) is 0 Å². The van der Waals surface area contributed by atoms with E-state index in [1.54, 1.807) is 34.1 Å². The number of carbonyl (C=O) groups is 2. The third-order valence-electron chi connectivity index (χ3n) is 4.69. The Bertz CT molecular complexity index is 806. The van der Waals surface area contributed by atoms with Crippen LogP contribution in [0.3, 0.4) is 0 Å². The molecule has 2 amide bonds. The lowest BCUT2D eigenvalue weighted by atomic mass is 10.0. The second-order valence-corrected chi connectivity index (χ2v) is 6.61. The molecule has 26 heavy (non-hydrogen) atoms. The first-order valence-electron chi connectivity index (χ1n) is 8.43. The number of hydrogen-bond donors (Lipinski definition) is 0. The second kappa shape index (κ2) is 6.81. The van der Waals surface area contributed by atoms with Gasteiger partial charge in [-0.15, -0.1) is 0 Å². The summed E-state index contributed by atoms with van der Waals surface area (Å²) in [5.74, 6) is -0.382. The van der Waals surface area contributed by atoms with Gasteiger partial charge in [0.15, 0.2) is 5.62 Å². The number of allylic oxidation sites excluding steroid dienone is 2. The molecule has 1 aliphatic heterocycles. The van der Waals surface area contributed by atoms with Crippen LogP contribution in [0, 0.1) is 0 Å². The summed E-state index contributed by atoms with van der Waals surface area (Å²) in [5, 5.41) is 0. The summed E-state index contributed by atoms with van der Waals surface area (Å²) in [6.45, 7) is 0. The topological polar surface area (TPSA) is 40.6 Å². The van der Waals surface area contributed by atoms with Crippen molar-refractivity contribution in [2.45, 2.75) is 17.7 Å². The van der Waals surface area contributed by atoms with E-state index >= 15 is 0 Å². The molecule has 2 aromatic carbocycles. The molecule has 2 atom stereocenters. The van der Waals surface area contributed by atoms with E-state index < -0.39 is 5.62 Å². The molecule has 0 N–H and O–H groups in total. The van der Waals surface area contributed by atoms with E-state index in [4.69, 9.17) is 11.6 Å². The van der Waals surface area contributed by atoms with Crippen LogP contribution >= 0.6 is 11.6 Å². The molecule has 1 fully saturated rings. The Hall–Kier alpha value is -2.85. The molecule has 1 aliphatic carbocycles. The van der Waals surface area contributed by atoms with Gasteiger partial charge in [-0.3, -0.25) is 19.4 Å². The maximum absolute atomic E-state index is 13.1. The van der Waals surface area contributed by atoms with E-state index in [-0.39, 0.29) is 23.9 Å². The van der Waals surface area contributed by atoms with Gasteiger partial charge in [0.05, 0.1) is 12.1 Å². The van der Waals surface area contributed by atoms with Gasteiger partial charge in [0.2, 0.25) is 0 Å². The number of carbonyl (C=O) groups excluding carboxylic acids is 2. The van der Waals surface area contributed by atoms with Gasteiger partial charge in [0.25, 0.3) is 11.8 Å². The van der Waals surface area contributed by atoms with Gasteiger partial charge in [-0.05, 0) is 24.3 Å². The van der Waals surface area contributed by atoms with E-state index in [2.05, 4.69) is 0 Å². The van der Waals surface area contributed by atoms with Crippen LogP contribution in [0.15, 0.2) is 85.0 Å². The fourth-order valence-electron chi connectivity index (χ4n) is 3.44. The maximum Gasteiger partial charge on any atom is 0.257 e. The summed E-state index contributed by atoms with van der Waals surface area (Å²) in [5.41, 5.74) is 0.237. The normalized spacial score (nSPS) is 23.8. The predicted octanol–water partition coefficient (Wildman–Crippen LogP) is 3.67. The zero-order chi connectivity index (χ0) is 18.1. The van der Waals surface area contributed by atoms with Crippen molar-refractivity contribution in [3.05, 3.63) is 96.1 Å². The van der Waals surface area contributed by atoms with Crippen LogP contribution in [-0.4, -0.2) is 39.3 Å². The first kappa shape index (κ1) is 16.6. The van der Waals surface area contributed by atoms with Crippen LogP contribution in [0.4, 0.5) is 0 Å². The number of rotatable bonds is 2. The summed E-state index contributed by atoms with van der Waals surface area (Å²) >= 11 is 6.65. The summed E-state index contributed by atoms with van der Waals surface area (Å²) in [4.78, 5) is 29.3. The molecule has 2 unspecified atom stereocenters. The lowest BCUT2D eigenvalue weighted by Gasteiger charge is -2.26. The van der Waals surface area contributed by atoms with E-state index in [1.165, 1.54) is 0 Å². The van der Waals surface area contributed by atoms with Gasteiger partial charge in [-0.25, -0.2) is 0 Å². The molecule has 0 saturated carbocycles. The van der Waals surface area contributed by atoms with Crippen LogP contribution < -0.4 is 0 Å². The van der Waals surface area contributed by atoms with Crippen molar-refractivity contribution >= 4 is 23.4 Å². The minimum atomic E-state index is -0.863. The number of halogens is 1. The highest BCUT2D eigenvalue weighted by Gasteiger charge is 2.49. The van der Waals surface area contributed by atoms with Gasteiger partial charge in [-0.1, -0.05) is 72.3 Å². The molecule has 0 radical (unpaired) electrons. The molecular formula is C21H17ClN2O2. The number of hydrogen-bond acceptors (Lipinski definition) is 2. The third-order valence-corrected chi connectivity index (χ3v) is 5.11. The molecule has 0 aromatic heterocycles. The first-order chi connectivity index (χ1) is 12.7. The monoisotopic (exact) mass is 364 g/mol. The van der Waals surface area contributed by atoms with E-state index in [1.807, 2.05) is 60.7 Å². The van der Waals surface area contributed by atoms with Crippen molar-refractivity contribution in [2.24, 2.45) is 0 Å². The molecule has 4 rings (SSSR count). The number of nitrogens with zero attached hydrogens (tertiary/aromatic N) is 2. The Balaban J connectivity index is 1.71. The smallest absolute Gasteiger partial charge is 0.257 e. The predicted molar refractivity (Wildman–Crippen MR) is 101 cm³/mol. The van der Waals surface area contributed by atoms with Gasteiger partial charge in [-0.2, -0.15) is 0 Å². The van der Waals surface area contributed by atoms with E-state index in [0.717, 1.165) is 0 Å². The van der Waals surface area contributed by atoms with Crippen LogP contribution in [-0.2, 0) is 0 Å². The lowest BCUT2D eigenvalue weighted by molar-refractivity contribution is 0.0635. The van der Waals surface area contributed by atoms with Crippen molar-refractivity contribution in [2.75, 3.05) is 0 Å². The molecule has 2 aromatic rings. The third kappa shape index (κ3) is 2.72. The number of benzene rings is 2. The van der Waals surface area contributed by atoms with Gasteiger partial charge in [0.1, 0.15) is 0 Å². The fourth-order valence-corrected chi connectivity index (χ4v) is 3.88. The minimum absolute atomic E-state index is 0.191. The van der Waals surface area contributed by atoms with Crippen molar-refractivity contribution in [1.82, 2.24) is 9.80 Å². The summed E-state index contributed by atoms with van der Waals surface area (Å²) in [6, 6.07) is 17.4. The van der Waals surface area contributed by atoms with Crippen LogP contribution in [0.25, 0.3) is 0 Å². The average molecular weight is 365 g/mol. The maximum atomic E-state index is 13.1. The van der Waals surface area contributed by atoms with Crippen molar-refractivity contribution in [1.29, 1.82) is 0 Å². The molecule has 1 heterocycles. The zero-order valence-corrected chi connectivity index (χ0v) is 14.7. The summed E-state index contributed by atoms with van der Waals surface area (Å²) in [7, 11) is 0. The molecule has 1 saturated heterocycles. The average Bonchev–Trinajstić information content (AvgIpc) is 3.00. The van der Waals surface area contributed by atoms with Gasteiger partial charge >= 0.3 is 0 Å². The van der Waals surface area contributed by atoms with Gasteiger partial charge in [0, 0.05) is 11.1 Å². The van der Waals surface area contributed by atoms with E-state index in [0.29, 0.717) is 11.1 Å². The highest BCUT2D eigenvalue weighted by Crippen LogP contribution is 2.35. The fraction of sp³-hybridized carbons (Fsp3) is 0.143. The van der Waals surface area contributed by atoms with E-state index in [9.17, 15) is 9.59 Å². The first-order valence-corrected chi connectivity index (χ1v) is 8.86. The Labute approximate surface area is 157 Å².